The number of hydrogen-bond acceptors (Lipinski definition) is 2. The molecule has 0 saturated carbocycles. The maximum Gasteiger partial charge on any atom is 0.254 e. The van der Waals surface area contributed by atoms with Crippen molar-refractivity contribution in [3.8, 4) is 0 Å². The molecule has 1 aliphatic carbocycles. The van der Waals surface area contributed by atoms with Crippen molar-refractivity contribution in [1.29, 1.82) is 0 Å². The van der Waals surface area contributed by atoms with Gasteiger partial charge >= 0.3 is 0 Å². The van der Waals surface area contributed by atoms with Gasteiger partial charge in [0.2, 0.25) is 0 Å². The highest BCUT2D eigenvalue weighted by atomic mass is 35.5. The molecule has 4 nitrogen and oxygen atoms in total. The van der Waals surface area contributed by atoms with Gasteiger partial charge in [0.15, 0.2) is 5.43 Å². The highest BCUT2D eigenvalue weighted by molar-refractivity contribution is 6.30. The molecule has 1 aromatic carbocycles. The molecule has 0 radical (unpaired) electrons. The Labute approximate surface area is 133 Å². The van der Waals surface area contributed by atoms with Crippen LogP contribution in [0, 0.1) is 0 Å². The summed E-state index contributed by atoms with van der Waals surface area (Å²) in [6.07, 6.45) is 5.21. The zero-order valence-electron chi connectivity index (χ0n) is 12.1. The Morgan fingerprint density at radius 1 is 1.18 bits per heavy atom. The number of benzene rings is 1. The summed E-state index contributed by atoms with van der Waals surface area (Å²) in [5.74, 6) is -0.664. The van der Waals surface area contributed by atoms with Gasteiger partial charge in [-0.05, 0) is 43.4 Å². The fourth-order valence-electron chi connectivity index (χ4n) is 3.01. The van der Waals surface area contributed by atoms with Gasteiger partial charge in [-0.1, -0.05) is 23.7 Å². The van der Waals surface area contributed by atoms with E-state index in [4.69, 9.17) is 17.3 Å². The number of pyridine rings is 1. The van der Waals surface area contributed by atoms with E-state index < -0.39 is 5.91 Å². The molecule has 22 heavy (non-hydrogen) atoms. The third kappa shape index (κ3) is 2.79. The Kier molecular flexibility index (Phi) is 4.03. The summed E-state index contributed by atoms with van der Waals surface area (Å²) in [5, 5.41) is 0.684. The molecule has 1 amide bonds. The fraction of sp³-hybridized carbons (Fsp3) is 0.294. The van der Waals surface area contributed by atoms with Gasteiger partial charge in [0.05, 0.1) is 0 Å². The Balaban J connectivity index is 2.09. The quantitative estimate of drug-likeness (QED) is 0.945. The van der Waals surface area contributed by atoms with E-state index in [0.29, 0.717) is 11.6 Å². The summed E-state index contributed by atoms with van der Waals surface area (Å²) in [6, 6.07) is 7.56. The Hall–Kier alpha value is -2.07. The lowest BCUT2D eigenvalue weighted by Crippen LogP contribution is -2.30. The van der Waals surface area contributed by atoms with E-state index in [0.717, 1.165) is 42.5 Å². The van der Waals surface area contributed by atoms with Gasteiger partial charge in [-0.15, -0.1) is 0 Å². The van der Waals surface area contributed by atoms with E-state index in [2.05, 4.69) is 0 Å². The van der Waals surface area contributed by atoms with Gasteiger partial charge in [0, 0.05) is 29.0 Å². The van der Waals surface area contributed by atoms with Crippen LogP contribution < -0.4 is 11.2 Å². The minimum Gasteiger partial charge on any atom is -0.365 e. The lowest BCUT2D eigenvalue weighted by atomic mass is 9.93. The van der Waals surface area contributed by atoms with E-state index in [9.17, 15) is 9.59 Å². The van der Waals surface area contributed by atoms with Crippen LogP contribution in [0.1, 0.15) is 40.0 Å². The van der Waals surface area contributed by atoms with Crippen LogP contribution in [0.3, 0.4) is 0 Å². The highest BCUT2D eigenvalue weighted by Crippen LogP contribution is 2.20. The molecule has 114 valence electrons. The summed E-state index contributed by atoms with van der Waals surface area (Å²) in [5.41, 5.74) is 8.08. The summed E-state index contributed by atoms with van der Waals surface area (Å²) in [4.78, 5) is 23.9. The molecule has 1 aromatic heterocycles. The summed E-state index contributed by atoms with van der Waals surface area (Å²) < 4.78 is 1.99. The lowest BCUT2D eigenvalue weighted by Gasteiger charge is -2.22. The molecular formula is C17H17ClN2O2. The summed E-state index contributed by atoms with van der Waals surface area (Å²) >= 11 is 5.91. The number of nitrogens with two attached hydrogens (primary N) is 1. The van der Waals surface area contributed by atoms with E-state index in [1.807, 2.05) is 28.8 Å². The van der Waals surface area contributed by atoms with E-state index in [1.165, 1.54) is 0 Å². The standard InChI is InChI=1S/C17H17ClN2O2/c18-12-7-5-11(6-8-12)9-20-10-14(17(19)22)16(21)13-3-1-2-4-15(13)20/h5-8,10H,1-4,9H2,(H2,19,22). The van der Waals surface area contributed by atoms with E-state index >= 15 is 0 Å². The van der Waals surface area contributed by atoms with Gasteiger partial charge < -0.3 is 10.3 Å². The fourth-order valence-corrected chi connectivity index (χ4v) is 3.13. The number of fused-ring (bicyclic) bond motifs is 1. The molecule has 0 unspecified atom stereocenters. The smallest absolute Gasteiger partial charge is 0.254 e. The molecule has 5 heteroatoms. The van der Waals surface area contributed by atoms with E-state index in [-0.39, 0.29) is 11.0 Å². The first-order chi connectivity index (χ1) is 10.6. The Morgan fingerprint density at radius 2 is 1.86 bits per heavy atom. The SMILES string of the molecule is NC(=O)c1cn(Cc2ccc(Cl)cc2)c2c(c1=O)CCCC2. The van der Waals surface area contributed by atoms with Gasteiger partial charge in [-0.3, -0.25) is 9.59 Å². The number of nitrogens with zero attached hydrogens (tertiary/aromatic N) is 1. The van der Waals surface area contributed by atoms with E-state index in [1.54, 1.807) is 6.20 Å². The van der Waals surface area contributed by atoms with Crippen molar-refractivity contribution >= 4 is 17.5 Å². The molecule has 1 aliphatic rings. The molecule has 0 atom stereocenters. The third-order valence-electron chi connectivity index (χ3n) is 4.12. The molecule has 3 rings (SSSR count). The second kappa shape index (κ2) is 5.97. The van der Waals surface area contributed by atoms with Gasteiger partial charge in [-0.25, -0.2) is 0 Å². The Bertz CT molecular complexity index is 778. The average molecular weight is 317 g/mol. The number of hydrogen-bond donors (Lipinski definition) is 1. The van der Waals surface area contributed by atoms with Crippen molar-refractivity contribution < 1.29 is 4.79 Å². The normalized spacial score (nSPS) is 13.7. The number of aromatic nitrogens is 1. The predicted molar refractivity (Wildman–Crippen MR) is 86.4 cm³/mol. The third-order valence-corrected chi connectivity index (χ3v) is 4.37. The van der Waals surface area contributed by atoms with Crippen molar-refractivity contribution in [3.63, 3.8) is 0 Å². The minimum absolute atomic E-state index is 0.0783. The lowest BCUT2D eigenvalue weighted by molar-refractivity contribution is 0.0998. The molecule has 0 saturated heterocycles. The molecular weight excluding hydrogens is 300 g/mol. The van der Waals surface area contributed by atoms with Crippen LogP contribution in [0.5, 0.6) is 0 Å². The molecule has 2 N–H and O–H groups in total. The molecule has 0 fully saturated rings. The largest absolute Gasteiger partial charge is 0.365 e. The second-order valence-corrected chi connectivity index (χ2v) is 6.06. The molecule has 0 bridgehead atoms. The van der Waals surface area contributed by atoms with Crippen molar-refractivity contribution in [2.75, 3.05) is 0 Å². The van der Waals surface area contributed by atoms with Gasteiger partial charge in [0.25, 0.3) is 5.91 Å². The topological polar surface area (TPSA) is 65.1 Å². The van der Waals surface area contributed by atoms with Crippen LogP contribution in [-0.2, 0) is 19.4 Å². The van der Waals surface area contributed by atoms with Crippen LogP contribution in [0.25, 0.3) is 0 Å². The molecule has 0 spiro atoms. The number of primary amides is 1. The van der Waals surface area contributed by atoms with Crippen LogP contribution in [-0.4, -0.2) is 10.5 Å². The molecule has 2 aromatic rings. The van der Waals surface area contributed by atoms with Crippen molar-refractivity contribution in [1.82, 2.24) is 4.57 Å². The number of halogens is 1. The van der Waals surface area contributed by atoms with Crippen molar-refractivity contribution in [2.45, 2.75) is 32.2 Å². The number of rotatable bonds is 3. The Morgan fingerprint density at radius 3 is 2.55 bits per heavy atom. The molecule has 1 heterocycles. The van der Waals surface area contributed by atoms with Gasteiger partial charge in [0.1, 0.15) is 5.56 Å². The first-order valence-electron chi connectivity index (χ1n) is 7.35. The maximum atomic E-state index is 12.4. The number of carbonyl (C=O) groups is 1. The highest BCUT2D eigenvalue weighted by Gasteiger charge is 2.20. The average Bonchev–Trinajstić information content (AvgIpc) is 2.52. The van der Waals surface area contributed by atoms with Gasteiger partial charge in [-0.2, -0.15) is 0 Å². The maximum absolute atomic E-state index is 12.4. The van der Waals surface area contributed by atoms with Crippen molar-refractivity contribution in [3.05, 3.63) is 68.1 Å². The van der Waals surface area contributed by atoms with Crippen LogP contribution >= 0.6 is 11.6 Å². The first-order valence-corrected chi connectivity index (χ1v) is 7.73. The zero-order valence-corrected chi connectivity index (χ0v) is 12.9. The predicted octanol–water partition coefficient (Wildman–Crippen LogP) is 2.53. The molecule has 0 aliphatic heterocycles. The summed E-state index contributed by atoms with van der Waals surface area (Å²) in [6.45, 7) is 0.597. The van der Waals surface area contributed by atoms with Crippen molar-refractivity contribution in [2.24, 2.45) is 5.73 Å². The number of amides is 1. The zero-order chi connectivity index (χ0) is 15.7. The van der Waals surface area contributed by atoms with Crippen LogP contribution in [0.2, 0.25) is 5.02 Å². The first kappa shape index (κ1) is 14.9. The second-order valence-electron chi connectivity index (χ2n) is 5.62. The minimum atomic E-state index is -0.664. The number of carbonyl (C=O) groups excluding carboxylic acids is 1. The summed E-state index contributed by atoms with van der Waals surface area (Å²) in [7, 11) is 0. The van der Waals surface area contributed by atoms with Crippen LogP contribution in [0.4, 0.5) is 0 Å². The monoisotopic (exact) mass is 316 g/mol. The van der Waals surface area contributed by atoms with Crippen LogP contribution in [0.15, 0.2) is 35.3 Å².